The van der Waals surface area contributed by atoms with E-state index in [2.05, 4.69) is 0 Å². The Balaban J connectivity index is 1.84. The van der Waals surface area contributed by atoms with Crippen LogP contribution in [0, 0.1) is 0 Å². The number of hydrogen-bond acceptors (Lipinski definition) is 2. The molecule has 0 aromatic heterocycles. The zero-order valence-electron chi connectivity index (χ0n) is 15.1. The molecule has 0 aliphatic rings. The average Bonchev–Trinajstić information content (AvgIpc) is 2.70. The Bertz CT molecular complexity index is 790. The van der Waals surface area contributed by atoms with E-state index in [4.69, 9.17) is 4.74 Å². The molecule has 132 valence electrons. The maximum absolute atomic E-state index is 13.3. The van der Waals surface area contributed by atoms with Gasteiger partial charge >= 0.3 is 0 Å². The molecule has 3 aromatic rings. The van der Waals surface area contributed by atoms with Crippen LogP contribution in [0.2, 0.25) is 0 Å². The fourth-order valence-corrected chi connectivity index (χ4v) is 3.07. The van der Waals surface area contributed by atoms with E-state index >= 15 is 0 Å². The highest BCUT2D eigenvalue weighted by Crippen LogP contribution is 2.27. The Morgan fingerprint density at radius 3 is 1.81 bits per heavy atom. The van der Waals surface area contributed by atoms with Crippen LogP contribution in [0.1, 0.15) is 22.6 Å². The van der Waals surface area contributed by atoms with E-state index in [1.807, 2.05) is 92.0 Å². The normalized spacial score (nSPS) is 10.6. The number of methoxy groups -OCH3 is 1. The van der Waals surface area contributed by atoms with Crippen LogP contribution in [0.4, 0.5) is 0 Å². The molecule has 0 N–H and O–H groups in total. The molecule has 1 amide bonds. The van der Waals surface area contributed by atoms with Gasteiger partial charge in [-0.05, 0) is 28.8 Å². The van der Waals surface area contributed by atoms with Gasteiger partial charge < -0.3 is 9.64 Å². The second-order valence-electron chi connectivity index (χ2n) is 6.30. The van der Waals surface area contributed by atoms with Crippen LogP contribution in [0.3, 0.4) is 0 Å². The molecule has 0 atom stereocenters. The second-order valence-corrected chi connectivity index (χ2v) is 6.30. The summed E-state index contributed by atoms with van der Waals surface area (Å²) in [5.74, 6) is 0.591. The lowest BCUT2D eigenvalue weighted by Gasteiger charge is -2.25. The van der Waals surface area contributed by atoms with Gasteiger partial charge in [-0.15, -0.1) is 0 Å². The molecular weight excluding hydrogens is 322 g/mol. The topological polar surface area (TPSA) is 29.5 Å². The monoisotopic (exact) mass is 345 g/mol. The standard InChI is InChI=1S/C23H23NO2/c1-24(17-18-13-15-21(26-2)16-14-18)23(25)22(19-9-5-3-6-10-19)20-11-7-4-8-12-20/h3-16,22H,17H2,1-2H3. The summed E-state index contributed by atoms with van der Waals surface area (Å²) in [6, 6.07) is 27.7. The highest BCUT2D eigenvalue weighted by Gasteiger charge is 2.25. The van der Waals surface area contributed by atoms with Gasteiger partial charge in [0.1, 0.15) is 5.75 Å². The molecule has 3 heteroatoms. The van der Waals surface area contributed by atoms with E-state index in [9.17, 15) is 4.79 Å². The molecule has 0 fully saturated rings. The molecule has 0 unspecified atom stereocenters. The summed E-state index contributed by atoms with van der Waals surface area (Å²) in [5.41, 5.74) is 3.08. The summed E-state index contributed by atoms with van der Waals surface area (Å²) in [6.07, 6.45) is 0. The average molecular weight is 345 g/mol. The van der Waals surface area contributed by atoms with Crippen molar-refractivity contribution in [2.75, 3.05) is 14.2 Å². The van der Waals surface area contributed by atoms with Gasteiger partial charge in [-0.25, -0.2) is 0 Å². The zero-order valence-corrected chi connectivity index (χ0v) is 15.1. The molecule has 26 heavy (non-hydrogen) atoms. The number of rotatable bonds is 6. The molecule has 0 saturated carbocycles. The van der Waals surface area contributed by atoms with Crippen LogP contribution in [-0.2, 0) is 11.3 Å². The lowest BCUT2D eigenvalue weighted by atomic mass is 9.90. The Labute approximate surface area is 154 Å². The van der Waals surface area contributed by atoms with Crippen molar-refractivity contribution in [3.63, 3.8) is 0 Å². The second kappa shape index (κ2) is 8.34. The molecule has 3 aromatic carbocycles. The van der Waals surface area contributed by atoms with Gasteiger partial charge in [0.25, 0.3) is 0 Å². The van der Waals surface area contributed by atoms with E-state index < -0.39 is 0 Å². The summed E-state index contributed by atoms with van der Waals surface area (Å²) in [5, 5.41) is 0. The summed E-state index contributed by atoms with van der Waals surface area (Å²) >= 11 is 0. The Morgan fingerprint density at radius 2 is 1.35 bits per heavy atom. The van der Waals surface area contributed by atoms with E-state index in [0.29, 0.717) is 6.54 Å². The van der Waals surface area contributed by atoms with Crippen molar-refractivity contribution in [2.45, 2.75) is 12.5 Å². The van der Waals surface area contributed by atoms with Gasteiger partial charge in [0.05, 0.1) is 13.0 Å². The maximum Gasteiger partial charge on any atom is 0.234 e. The lowest BCUT2D eigenvalue weighted by molar-refractivity contribution is -0.131. The van der Waals surface area contributed by atoms with Gasteiger partial charge in [0, 0.05) is 13.6 Å². The van der Waals surface area contributed by atoms with Crippen LogP contribution >= 0.6 is 0 Å². The highest BCUT2D eigenvalue weighted by atomic mass is 16.5. The first kappa shape index (κ1) is 17.7. The van der Waals surface area contributed by atoms with Crippen molar-refractivity contribution in [1.82, 2.24) is 4.90 Å². The first-order valence-corrected chi connectivity index (χ1v) is 8.67. The van der Waals surface area contributed by atoms with Crippen LogP contribution in [0.15, 0.2) is 84.9 Å². The fourth-order valence-electron chi connectivity index (χ4n) is 3.07. The van der Waals surface area contributed by atoms with Crippen molar-refractivity contribution >= 4 is 5.91 Å². The number of nitrogens with zero attached hydrogens (tertiary/aromatic N) is 1. The first-order chi connectivity index (χ1) is 12.7. The molecular formula is C23H23NO2. The number of benzene rings is 3. The van der Waals surface area contributed by atoms with Crippen molar-refractivity contribution in [3.8, 4) is 5.75 Å². The number of amides is 1. The Morgan fingerprint density at radius 1 is 0.846 bits per heavy atom. The van der Waals surface area contributed by atoms with Crippen molar-refractivity contribution in [1.29, 1.82) is 0 Å². The molecule has 0 spiro atoms. The molecule has 0 heterocycles. The summed E-state index contributed by atoms with van der Waals surface area (Å²) in [4.78, 5) is 15.1. The first-order valence-electron chi connectivity index (χ1n) is 8.67. The van der Waals surface area contributed by atoms with Crippen molar-refractivity contribution < 1.29 is 9.53 Å². The molecule has 0 bridgehead atoms. The third-order valence-corrected chi connectivity index (χ3v) is 4.47. The van der Waals surface area contributed by atoms with E-state index in [0.717, 1.165) is 22.4 Å². The largest absolute Gasteiger partial charge is 0.497 e. The third-order valence-electron chi connectivity index (χ3n) is 4.47. The molecule has 3 rings (SSSR count). The van der Waals surface area contributed by atoms with E-state index in [1.54, 1.807) is 12.0 Å². The fraction of sp³-hybridized carbons (Fsp3) is 0.174. The maximum atomic E-state index is 13.3. The summed E-state index contributed by atoms with van der Waals surface area (Å²) in [6.45, 7) is 0.555. The Hall–Kier alpha value is -3.07. The lowest BCUT2D eigenvalue weighted by Crippen LogP contribution is -2.32. The number of likely N-dealkylation sites (N-methyl/N-ethyl adjacent to an activating group) is 1. The molecule has 0 aliphatic heterocycles. The van der Waals surface area contributed by atoms with Gasteiger partial charge in [-0.2, -0.15) is 0 Å². The third kappa shape index (κ3) is 4.12. The van der Waals surface area contributed by atoms with Crippen LogP contribution < -0.4 is 4.74 Å². The number of carbonyl (C=O) groups is 1. The molecule has 3 nitrogen and oxygen atoms in total. The predicted octanol–water partition coefficient (Wildman–Crippen LogP) is 4.49. The van der Waals surface area contributed by atoms with Gasteiger partial charge in [0.15, 0.2) is 0 Å². The number of carbonyl (C=O) groups excluding carboxylic acids is 1. The van der Waals surface area contributed by atoms with E-state index in [-0.39, 0.29) is 11.8 Å². The Kier molecular flexibility index (Phi) is 5.69. The quantitative estimate of drug-likeness (QED) is 0.659. The minimum atomic E-state index is -0.305. The van der Waals surface area contributed by atoms with Gasteiger partial charge in [-0.3, -0.25) is 4.79 Å². The summed E-state index contributed by atoms with van der Waals surface area (Å²) in [7, 11) is 3.50. The number of ether oxygens (including phenoxy) is 1. The van der Waals surface area contributed by atoms with E-state index in [1.165, 1.54) is 0 Å². The molecule has 0 saturated heterocycles. The predicted molar refractivity (Wildman–Crippen MR) is 104 cm³/mol. The molecule has 0 aliphatic carbocycles. The smallest absolute Gasteiger partial charge is 0.234 e. The zero-order chi connectivity index (χ0) is 18.4. The minimum Gasteiger partial charge on any atom is -0.497 e. The van der Waals surface area contributed by atoms with Crippen LogP contribution in [0.5, 0.6) is 5.75 Å². The highest BCUT2D eigenvalue weighted by molar-refractivity contribution is 5.87. The van der Waals surface area contributed by atoms with Crippen LogP contribution in [0.25, 0.3) is 0 Å². The SMILES string of the molecule is COc1ccc(CN(C)C(=O)C(c2ccccc2)c2ccccc2)cc1. The van der Waals surface area contributed by atoms with Crippen molar-refractivity contribution in [2.24, 2.45) is 0 Å². The van der Waals surface area contributed by atoms with Crippen molar-refractivity contribution in [3.05, 3.63) is 102 Å². The van der Waals surface area contributed by atoms with Gasteiger partial charge in [0.2, 0.25) is 5.91 Å². The van der Waals surface area contributed by atoms with Crippen LogP contribution in [-0.4, -0.2) is 25.0 Å². The van der Waals surface area contributed by atoms with Gasteiger partial charge in [-0.1, -0.05) is 72.8 Å². The molecule has 0 radical (unpaired) electrons. The minimum absolute atomic E-state index is 0.0817. The number of hydrogen-bond donors (Lipinski definition) is 0. The summed E-state index contributed by atoms with van der Waals surface area (Å²) < 4.78 is 5.19.